The van der Waals surface area contributed by atoms with Crippen LogP contribution in [0.1, 0.15) is 0 Å². The maximum absolute atomic E-state index is 5.38. The largest absolute Gasteiger partial charge is 0.532 e. The Bertz CT molecular complexity index is 179. The SMILES string of the molecule is C1=CCO[B-]2(OC1)OCC=CCO2. The lowest BCUT2D eigenvalue weighted by atomic mass is 10.1. The summed E-state index contributed by atoms with van der Waals surface area (Å²) in [6.45, 7) is -0.0833. The van der Waals surface area contributed by atoms with Crippen LogP contribution in [0.4, 0.5) is 0 Å². The second kappa shape index (κ2) is 4.06. The Morgan fingerprint density at radius 3 is 1.23 bits per heavy atom. The van der Waals surface area contributed by atoms with Gasteiger partial charge in [0.2, 0.25) is 0 Å². The Balaban J connectivity index is 2.01. The first-order valence-electron chi connectivity index (χ1n) is 4.40. The highest BCUT2D eigenvalue weighted by Crippen LogP contribution is 2.16. The highest BCUT2D eigenvalue weighted by molar-refractivity contribution is 6.53. The van der Waals surface area contributed by atoms with Crippen molar-refractivity contribution in [3.63, 3.8) is 0 Å². The summed E-state index contributed by atoms with van der Waals surface area (Å²) in [6.07, 6.45) is 7.56. The number of rotatable bonds is 0. The van der Waals surface area contributed by atoms with Gasteiger partial charge < -0.3 is 18.6 Å². The molecule has 2 aliphatic heterocycles. The molecule has 0 aromatic heterocycles. The molecule has 0 bridgehead atoms. The van der Waals surface area contributed by atoms with E-state index in [2.05, 4.69) is 0 Å². The first-order chi connectivity index (χ1) is 6.41. The zero-order valence-corrected chi connectivity index (χ0v) is 7.35. The van der Waals surface area contributed by atoms with Gasteiger partial charge in [0, 0.05) is 26.4 Å². The summed E-state index contributed by atoms with van der Waals surface area (Å²) in [5.41, 5.74) is 0. The second-order valence-electron chi connectivity index (χ2n) is 2.85. The average molecular weight is 183 g/mol. The van der Waals surface area contributed by atoms with E-state index in [1.54, 1.807) is 0 Å². The molecule has 0 amide bonds. The maximum atomic E-state index is 5.38. The van der Waals surface area contributed by atoms with Gasteiger partial charge in [0.05, 0.1) is 0 Å². The van der Waals surface area contributed by atoms with Crippen LogP contribution in [0.25, 0.3) is 0 Å². The van der Waals surface area contributed by atoms with Crippen LogP contribution in [0, 0.1) is 0 Å². The Labute approximate surface area is 77.2 Å². The van der Waals surface area contributed by atoms with E-state index < -0.39 is 6.96 Å². The fourth-order valence-electron chi connectivity index (χ4n) is 1.25. The number of hydrogen-bond acceptors (Lipinski definition) is 4. The van der Waals surface area contributed by atoms with Gasteiger partial charge in [-0.15, -0.1) is 0 Å². The molecule has 0 aromatic rings. The van der Waals surface area contributed by atoms with Crippen LogP contribution < -0.4 is 0 Å². The zero-order valence-electron chi connectivity index (χ0n) is 7.35. The van der Waals surface area contributed by atoms with Crippen molar-refractivity contribution in [1.29, 1.82) is 0 Å². The Morgan fingerprint density at radius 1 is 0.615 bits per heavy atom. The Hall–Kier alpha value is -0.615. The van der Waals surface area contributed by atoms with Crippen LogP contribution in [0.5, 0.6) is 0 Å². The lowest BCUT2D eigenvalue weighted by molar-refractivity contribution is -0.00432. The lowest BCUT2D eigenvalue weighted by Crippen LogP contribution is -2.48. The molecule has 0 atom stereocenters. The summed E-state index contributed by atoms with van der Waals surface area (Å²) in [5.74, 6) is 0. The molecule has 0 aliphatic carbocycles. The molecular formula is C8H12BO4-. The van der Waals surface area contributed by atoms with E-state index in [4.69, 9.17) is 18.6 Å². The summed E-state index contributed by atoms with van der Waals surface area (Å²) in [4.78, 5) is 0. The predicted molar refractivity (Wildman–Crippen MR) is 47.8 cm³/mol. The monoisotopic (exact) mass is 183 g/mol. The molecule has 0 saturated carbocycles. The van der Waals surface area contributed by atoms with Crippen LogP contribution in [-0.4, -0.2) is 33.4 Å². The van der Waals surface area contributed by atoms with Gasteiger partial charge in [-0.2, -0.15) is 0 Å². The highest BCUT2D eigenvalue weighted by atomic mass is 16.9. The van der Waals surface area contributed by atoms with E-state index in [9.17, 15) is 0 Å². The molecule has 0 unspecified atom stereocenters. The molecule has 2 aliphatic rings. The van der Waals surface area contributed by atoms with Crippen molar-refractivity contribution in [3.8, 4) is 0 Å². The van der Waals surface area contributed by atoms with Gasteiger partial charge in [-0.25, -0.2) is 0 Å². The van der Waals surface area contributed by atoms with Crippen LogP contribution in [0.2, 0.25) is 0 Å². The van der Waals surface area contributed by atoms with Crippen molar-refractivity contribution in [3.05, 3.63) is 24.3 Å². The lowest BCUT2D eigenvalue weighted by Gasteiger charge is -2.37. The third-order valence-electron chi connectivity index (χ3n) is 1.92. The minimum atomic E-state index is -1.97. The molecular weight excluding hydrogens is 171 g/mol. The topological polar surface area (TPSA) is 36.9 Å². The molecule has 5 heteroatoms. The number of hydrogen-bond donors (Lipinski definition) is 0. The van der Waals surface area contributed by atoms with Gasteiger partial charge in [0.1, 0.15) is 0 Å². The van der Waals surface area contributed by atoms with Crippen molar-refractivity contribution in [2.24, 2.45) is 0 Å². The molecule has 0 radical (unpaired) electrons. The van der Waals surface area contributed by atoms with Gasteiger partial charge in [-0.1, -0.05) is 24.3 Å². The van der Waals surface area contributed by atoms with Crippen LogP contribution >= 0.6 is 0 Å². The third-order valence-corrected chi connectivity index (χ3v) is 1.92. The molecule has 0 fully saturated rings. The van der Waals surface area contributed by atoms with Gasteiger partial charge in [-0.05, 0) is 0 Å². The van der Waals surface area contributed by atoms with Crippen LogP contribution in [0.15, 0.2) is 24.3 Å². The first kappa shape index (κ1) is 8.96. The average Bonchev–Trinajstić information content (AvgIpc) is 2.50. The molecule has 0 N–H and O–H groups in total. The highest BCUT2D eigenvalue weighted by Gasteiger charge is 2.32. The first-order valence-corrected chi connectivity index (χ1v) is 4.40. The molecule has 72 valence electrons. The molecule has 0 aromatic carbocycles. The van der Waals surface area contributed by atoms with E-state index in [0.29, 0.717) is 26.4 Å². The summed E-state index contributed by atoms with van der Waals surface area (Å²) in [7, 11) is 0. The molecule has 4 nitrogen and oxygen atoms in total. The smallest absolute Gasteiger partial charge is 0.515 e. The minimum Gasteiger partial charge on any atom is -0.515 e. The van der Waals surface area contributed by atoms with Crippen molar-refractivity contribution in [2.75, 3.05) is 26.4 Å². The van der Waals surface area contributed by atoms with Crippen molar-refractivity contribution < 1.29 is 18.6 Å². The molecule has 0 saturated heterocycles. The Kier molecular flexibility index (Phi) is 2.80. The Morgan fingerprint density at radius 2 is 0.923 bits per heavy atom. The standard InChI is InChI=1S/C8H12BO4/c1-2-6-11-9(10-5-1)12-7-3-4-8-13-9/h1-4H,5-8H2/q-1. The summed E-state index contributed by atoms with van der Waals surface area (Å²) >= 11 is 0. The second-order valence-corrected chi connectivity index (χ2v) is 2.85. The van der Waals surface area contributed by atoms with Gasteiger partial charge in [0.15, 0.2) is 0 Å². The normalized spacial score (nSPS) is 27.1. The zero-order chi connectivity index (χ0) is 8.99. The van der Waals surface area contributed by atoms with Crippen molar-refractivity contribution in [1.82, 2.24) is 0 Å². The molecule has 13 heavy (non-hydrogen) atoms. The summed E-state index contributed by atoms with van der Waals surface area (Å²) < 4.78 is 21.5. The molecule has 2 heterocycles. The van der Waals surface area contributed by atoms with Gasteiger partial charge in [-0.3, -0.25) is 0 Å². The minimum absolute atomic E-state index is 0.472. The van der Waals surface area contributed by atoms with E-state index in [1.807, 2.05) is 24.3 Å². The summed E-state index contributed by atoms with van der Waals surface area (Å²) in [6, 6.07) is 0. The van der Waals surface area contributed by atoms with E-state index >= 15 is 0 Å². The fraction of sp³-hybridized carbons (Fsp3) is 0.500. The van der Waals surface area contributed by atoms with Crippen molar-refractivity contribution >= 4 is 6.96 Å². The third kappa shape index (κ3) is 2.19. The predicted octanol–water partition coefficient (Wildman–Crippen LogP) is 0.628. The van der Waals surface area contributed by atoms with Crippen LogP contribution in [0.3, 0.4) is 0 Å². The van der Waals surface area contributed by atoms with E-state index in [0.717, 1.165) is 0 Å². The van der Waals surface area contributed by atoms with E-state index in [-0.39, 0.29) is 0 Å². The fourth-order valence-corrected chi connectivity index (χ4v) is 1.25. The van der Waals surface area contributed by atoms with Crippen molar-refractivity contribution in [2.45, 2.75) is 0 Å². The van der Waals surface area contributed by atoms with Crippen LogP contribution in [-0.2, 0) is 18.6 Å². The summed E-state index contributed by atoms with van der Waals surface area (Å²) in [5, 5.41) is 0. The quantitative estimate of drug-likeness (QED) is 0.407. The maximum Gasteiger partial charge on any atom is 0.532 e. The van der Waals surface area contributed by atoms with Gasteiger partial charge >= 0.3 is 6.96 Å². The van der Waals surface area contributed by atoms with E-state index in [1.165, 1.54) is 0 Å². The molecule has 1 spiro atoms. The van der Waals surface area contributed by atoms with Gasteiger partial charge in [0.25, 0.3) is 0 Å². The molecule has 2 rings (SSSR count).